The summed E-state index contributed by atoms with van der Waals surface area (Å²) in [5, 5.41) is 15.6. The number of likely N-dealkylation sites (tertiary alicyclic amines) is 1. The second kappa shape index (κ2) is 7.92. The zero-order valence-electron chi connectivity index (χ0n) is 15.5. The van der Waals surface area contributed by atoms with E-state index >= 15 is 0 Å². The summed E-state index contributed by atoms with van der Waals surface area (Å²) in [5.74, 6) is 0.582. The van der Waals surface area contributed by atoms with Crippen LogP contribution in [0.25, 0.3) is 0 Å². The summed E-state index contributed by atoms with van der Waals surface area (Å²) in [4.78, 5) is 7.04. The molecule has 3 N–H and O–H groups in total. The number of anilines is 1. The Balaban J connectivity index is 1.29. The van der Waals surface area contributed by atoms with Gasteiger partial charge in [-0.25, -0.2) is 10.2 Å². The van der Waals surface area contributed by atoms with Crippen LogP contribution in [0.15, 0.2) is 17.1 Å². The topological polar surface area (TPSA) is 76.4 Å². The number of guanidine groups is 1. The maximum absolute atomic E-state index is 12.4. The van der Waals surface area contributed by atoms with E-state index in [1.54, 1.807) is 7.11 Å². The number of nitrogens with zero attached hydrogens (tertiary/aromatic N) is 2. The summed E-state index contributed by atoms with van der Waals surface area (Å²) in [6.07, 6.45) is 7.03. The standard InChI is InChI=1S/C19H29N5O2/c1-26-16-6-10-23(11-7-16)9-3-8-20-19-21-17-12-14-4-2-5-15(14)13-18(17)24(25)22-19/h12-13,16,24H,2-11H2,1H3,(H2,20,21,22). The highest BCUT2D eigenvalue weighted by Crippen LogP contribution is 2.30. The van der Waals surface area contributed by atoms with Gasteiger partial charge in [0.15, 0.2) is 5.69 Å². The number of ether oxygens (including phenoxy) is 1. The highest BCUT2D eigenvalue weighted by molar-refractivity contribution is 5.96. The van der Waals surface area contributed by atoms with Crippen LogP contribution in [-0.4, -0.2) is 50.3 Å². The van der Waals surface area contributed by atoms with E-state index in [-0.39, 0.29) is 5.17 Å². The summed E-state index contributed by atoms with van der Waals surface area (Å²) in [6, 6.07) is 4.17. The maximum Gasteiger partial charge on any atom is 0.243 e. The lowest BCUT2D eigenvalue weighted by molar-refractivity contribution is -0.816. The summed E-state index contributed by atoms with van der Waals surface area (Å²) in [6.45, 7) is 3.96. The van der Waals surface area contributed by atoms with Gasteiger partial charge in [0.1, 0.15) is 5.69 Å². The van der Waals surface area contributed by atoms with Gasteiger partial charge in [0.25, 0.3) is 0 Å². The molecule has 3 aliphatic rings. The minimum absolute atomic E-state index is 0.0474. The number of methoxy groups -OCH3 is 1. The van der Waals surface area contributed by atoms with Gasteiger partial charge in [-0.05, 0) is 62.3 Å². The first-order valence-electron chi connectivity index (χ1n) is 9.76. The van der Waals surface area contributed by atoms with Crippen LogP contribution in [0.4, 0.5) is 11.4 Å². The van der Waals surface area contributed by atoms with Crippen molar-refractivity contribution >= 4 is 17.3 Å². The molecule has 1 aromatic carbocycles. The molecule has 1 saturated heterocycles. The summed E-state index contributed by atoms with van der Waals surface area (Å²) in [7, 11) is 1.80. The Labute approximate surface area is 155 Å². The van der Waals surface area contributed by atoms with Gasteiger partial charge in [0, 0.05) is 32.8 Å². The van der Waals surface area contributed by atoms with Gasteiger partial charge < -0.3 is 20.2 Å². The molecule has 26 heavy (non-hydrogen) atoms. The van der Waals surface area contributed by atoms with E-state index in [0.717, 1.165) is 63.1 Å². The Morgan fingerprint density at radius 1 is 1.27 bits per heavy atom. The number of rotatable bonds is 5. The first-order chi connectivity index (χ1) is 12.7. The molecule has 1 unspecified atom stereocenters. The van der Waals surface area contributed by atoms with Crippen LogP contribution in [-0.2, 0) is 17.6 Å². The molecule has 1 aliphatic carbocycles. The average molecular weight is 359 g/mol. The van der Waals surface area contributed by atoms with Crippen molar-refractivity contribution in [3.63, 3.8) is 0 Å². The molecule has 7 heteroatoms. The van der Waals surface area contributed by atoms with Gasteiger partial charge in [0.05, 0.1) is 6.10 Å². The predicted octanol–water partition coefficient (Wildman–Crippen LogP) is 0.977. The SMILES string of the molecule is COC1CCN(CCCN=C2Nc3cc4c(cc3[NH+]([O-])N2)CCC4)CC1. The highest BCUT2D eigenvalue weighted by atomic mass is 16.5. The van der Waals surface area contributed by atoms with Crippen LogP contribution in [0.1, 0.15) is 36.8 Å². The summed E-state index contributed by atoms with van der Waals surface area (Å²) >= 11 is 0. The Morgan fingerprint density at radius 3 is 2.81 bits per heavy atom. The molecule has 4 rings (SSSR count). The van der Waals surface area contributed by atoms with Crippen molar-refractivity contribution in [2.45, 2.75) is 44.6 Å². The molecule has 0 amide bonds. The number of benzene rings is 1. The fraction of sp³-hybridized carbons (Fsp3) is 0.632. The molecular formula is C19H29N5O2. The lowest BCUT2D eigenvalue weighted by Crippen LogP contribution is -3.11. The monoisotopic (exact) mass is 359 g/mol. The normalized spacial score (nSPS) is 24.8. The zero-order chi connectivity index (χ0) is 17.9. The lowest BCUT2D eigenvalue weighted by Gasteiger charge is -2.31. The maximum atomic E-state index is 12.4. The third-order valence-corrected chi connectivity index (χ3v) is 5.73. The van der Waals surface area contributed by atoms with E-state index in [2.05, 4.69) is 26.7 Å². The van der Waals surface area contributed by atoms with E-state index < -0.39 is 0 Å². The molecule has 142 valence electrons. The van der Waals surface area contributed by atoms with Crippen LogP contribution in [0.5, 0.6) is 0 Å². The van der Waals surface area contributed by atoms with Crippen molar-refractivity contribution in [1.82, 2.24) is 10.3 Å². The first kappa shape index (κ1) is 17.7. The Morgan fingerprint density at radius 2 is 2.04 bits per heavy atom. The average Bonchev–Trinajstić information content (AvgIpc) is 3.12. The highest BCUT2D eigenvalue weighted by Gasteiger charge is 2.24. The number of hydrogen-bond donors (Lipinski definition) is 3. The molecule has 0 aromatic heterocycles. The molecule has 0 saturated carbocycles. The Kier molecular flexibility index (Phi) is 5.40. The fourth-order valence-electron chi connectivity index (χ4n) is 4.18. The first-order valence-corrected chi connectivity index (χ1v) is 9.76. The number of aliphatic imine (C=N–C) groups is 1. The molecule has 2 heterocycles. The van der Waals surface area contributed by atoms with E-state index in [1.165, 1.54) is 17.5 Å². The second-order valence-corrected chi connectivity index (χ2v) is 7.46. The van der Waals surface area contributed by atoms with Crippen molar-refractivity contribution in [2.24, 2.45) is 4.99 Å². The van der Waals surface area contributed by atoms with Gasteiger partial charge in [-0.1, -0.05) is 0 Å². The van der Waals surface area contributed by atoms with Gasteiger partial charge in [-0.15, -0.1) is 0 Å². The minimum Gasteiger partial charge on any atom is -0.603 e. The number of fused-ring (bicyclic) bond motifs is 2. The van der Waals surface area contributed by atoms with Crippen molar-refractivity contribution < 1.29 is 9.91 Å². The van der Waals surface area contributed by atoms with Crippen LogP contribution in [0, 0.1) is 5.21 Å². The number of piperidine rings is 1. The molecule has 1 atom stereocenters. The van der Waals surface area contributed by atoms with E-state index in [4.69, 9.17) is 4.74 Å². The van der Waals surface area contributed by atoms with Crippen LogP contribution in [0.3, 0.4) is 0 Å². The molecule has 7 nitrogen and oxygen atoms in total. The van der Waals surface area contributed by atoms with Crippen LogP contribution < -0.4 is 15.9 Å². The van der Waals surface area contributed by atoms with Crippen molar-refractivity contribution in [1.29, 1.82) is 0 Å². The lowest BCUT2D eigenvalue weighted by atomic mass is 10.1. The Hall–Kier alpha value is -1.67. The third-order valence-electron chi connectivity index (χ3n) is 5.73. The predicted molar refractivity (Wildman–Crippen MR) is 103 cm³/mol. The van der Waals surface area contributed by atoms with Crippen molar-refractivity contribution in [3.8, 4) is 0 Å². The zero-order valence-corrected chi connectivity index (χ0v) is 15.5. The van der Waals surface area contributed by atoms with E-state index in [0.29, 0.717) is 18.6 Å². The van der Waals surface area contributed by atoms with Crippen molar-refractivity contribution in [2.75, 3.05) is 38.6 Å². The number of nitrogens with one attached hydrogen (secondary N) is 3. The summed E-state index contributed by atoms with van der Waals surface area (Å²) in [5.41, 5.74) is 7.21. The Bertz CT molecular complexity index is 670. The van der Waals surface area contributed by atoms with Crippen LogP contribution >= 0.6 is 0 Å². The number of aryl methyl sites for hydroxylation is 2. The fourth-order valence-corrected chi connectivity index (χ4v) is 4.18. The molecule has 2 aliphatic heterocycles. The number of quaternary nitrogens is 1. The summed E-state index contributed by atoms with van der Waals surface area (Å²) < 4.78 is 5.41. The van der Waals surface area contributed by atoms with Crippen molar-refractivity contribution in [3.05, 3.63) is 28.5 Å². The molecule has 0 radical (unpaired) electrons. The smallest absolute Gasteiger partial charge is 0.243 e. The van der Waals surface area contributed by atoms with Gasteiger partial charge in [-0.2, -0.15) is 5.43 Å². The quantitative estimate of drug-likeness (QED) is 0.540. The molecule has 1 aromatic rings. The van der Waals surface area contributed by atoms with Gasteiger partial charge >= 0.3 is 0 Å². The van der Waals surface area contributed by atoms with E-state index in [1.807, 2.05) is 6.07 Å². The van der Waals surface area contributed by atoms with E-state index in [9.17, 15) is 5.21 Å². The largest absolute Gasteiger partial charge is 0.603 e. The molecular weight excluding hydrogens is 330 g/mol. The van der Waals surface area contributed by atoms with Gasteiger partial charge in [0.2, 0.25) is 5.96 Å². The minimum atomic E-state index is -0.0474. The van der Waals surface area contributed by atoms with Crippen LogP contribution in [0.2, 0.25) is 0 Å². The van der Waals surface area contributed by atoms with Gasteiger partial charge in [-0.3, -0.25) is 0 Å². The second-order valence-electron chi connectivity index (χ2n) is 7.46. The third kappa shape index (κ3) is 3.86. The molecule has 0 bridgehead atoms. The molecule has 1 fully saturated rings. The molecule has 0 spiro atoms. The number of hydrogen-bond acceptors (Lipinski definition) is 4.